The highest BCUT2D eigenvalue weighted by Gasteiger charge is 2.50. The quantitative estimate of drug-likeness (QED) is 0.555. The smallest absolute Gasteiger partial charge is 0.248 e. The molecular weight excluding hydrogens is 412 g/mol. The van der Waals surface area contributed by atoms with Gasteiger partial charge in [0.15, 0.2) is 0 Å². The van der Waals surface area contributed by atoms with Gasteiger partial charge in [-0.3, -0.25) is 14.3 Å². The minimum absolute atomic E-state index is 0.00788. The standard InChI is InChI=1S/C27H32N4O2/c1-21-14-17-28-31(21)19-15-25(32)30-18-9-16-27(30,26(33)29(2)3)20-23-12-7-8-13-24(23)22-10-5-4-6-11-22/h4-8,10-14,17H,9,15-16,18-20H2,1-3H3. The van der Waals surface area contributed by atoms with E-state index in [2.05, 4.69) is 29.4 Å². The molecule has 0 bridgehead atoms. The minimum atomic E-state index is -0.870. The normalized spacial score (nSPS) is 17.8. The average Bonchev–Trinajstić information content (AvgIpc) is 3.44. The van der Waals surface area contributed by atoms with E-state index in [1.807, 2.05) is 52.9 Å². The predicted octanol–water partition coefficient (Wildman–Crippen LogP) is 3.94. The lowest BCUT2D eigenvalue weighted by molar-refractivity contribution is -0.150. The Bertz CT molecular complexity index is 1120. The molecule has 0 N–H and O–H groups in total. The Kier molecular flexibility index (Phi) is 6.63. The van der Waals surface area contributed by atoms with Crippen molar-refractivity contribution in [3.8, 4) is 11.1 Å². The molecule has 2 aromatic carbocycles. The zero-order valence-corrected chi connectivity index (χ0v) is 19.7. The molecule has 33 heavy (non-hydrogen) atoms. The van der Waals surface area contributed by atoms with Crippen LogP contribution in [-0.4, -0.2) is 57.6 Å². The number of carbonyl (C=O) groups is 2. The van der Waals surface area contributed by atoms with Crippen molar-refractivity contribution < 1.29 is 9.59 Å². The first-order valence-electron chi connectivity index (χ1n) is 11.6. The summed E-state index contributed by atoms with van der Waals surface area (Å²) in [5.74, 6) is 0.00118. The maximum absolute atomic E-state index is 13.6. The zero-order valence-electron chi connectivity index (χ0n) is 19.7. The summed E-state index contributed by atoms with van der Waals surface area (Å²) >= 11 is 0. The van der Waals surface area contributed by atoms with Crippen molar-refractivity contribution in [2.45, 2.75) is 44.7 Å². The van der Waals surface area contributed by atoms with Crippen LogP contribution >= 0.6 is 0 Å². The molecule has 3 aromatic rings. The summed E-state index contributed by atoms with van der Waals surface area (Å²) in [5, 5.41) is 4.30. The minimum Gasteiger partial charge on any atom is -0.347 e. The van der Waals surface area contributed by atoms with Crippen molar-refractivity contribution in [2.75, 3.05) is 20.6 Å². The molecule has 2 heterocycles. The summed E-state index contributed by atoms with van der Waals surface area (Å²) in [6.45, 7) is 3.10. The topological polar surface area (TPSA) is 58.4 Å². The molecule has 1 unspecified atom stereocenters. The second-order valence-corrected chi connectivity index (χ2v) is 9.03. The van der Waals surface area contributed by atoms with Gasteiger partial charge in [0.05, 0.1) is 0 Å². The summed E-state index contributed by atoms with van der Waals surface area (Å²) in [6.07, 6.45) is 4.06. The first kappa shape index (κ1) is 22.8. The van der Waals surface area contributed by atoms with Gasteiger partial charge in [-0.1, -0.05) is 54.6 Å². The third-order valence-corrected chi connectivity index (χ3v) is 6.65. The van der Waals surface area contributed by atoms with Gasteiger partial charge in [0.2, 0.25) is 11.8 Å². The lowest BCUT2D eigenvalue weighted by Gasteiger charge is -2.39. The highest BCUT2D eigenvalue weighted by molar-refractivity contribution is 5.92. The molecule has 0 spiro atoms. The Morgan fingerprint density at radius 3 is 2.45 bits per heavy atom. The van der Waals surface area contributed by atoms with E-state index in [0.29, 0.717) is 32.4 Å². The predicted molar refractivity (Wildman–Crippen MR) is 130 cm³/mol. The van der Waals surface area contributed by atoms with Crippen LogP contribution in [0.5, 0.6) is 0 Å². The summed E-state index contributed by atoms with van der Waals surface area (Å²) in [4.78, 5) is 30.6. The third-order valence-electron chi connectivity index (χ3n) is 6.65. The molecular formula is C27H32N4O2. The van der Waals surface area contributed by atoms with Gasteiger partial charge in [-0.25, -0.2) is 0 Å². The van der Waals surface area contributed by atoms with Crippen molar-refractivity contribution in [1.82, 2.24) is 19.6 Å². The molecule has 1 aliphatic heterocycles. The van der Waals surface area contributed by atoms with Crippen molar-refractivity contribution in [3.63, 3.8) is 0 Å². The molecule has 2 amide bonds. The van der Waals surface area contributed by atoms with Crippen molar-refractivity contribution in [2.24, 2.45) is 0 Å². The van der Waals surface area contributed by atoms with Crippen LogP contribution in [0, 0.1) is 6.92 Å². The van der Waals surface area contributed by atoms with E-state index in [-0.39, 0.29) is 11.8 Å². The first-order chi connectivity index (χ1) is 15.9. The number of hydrogen-bond acceptors (Lipinski definition) is 3. The molecule has 6 heteroatoms. The van der Waals surface area contributed by atoms with Crippen LogP contribution in [0.25, 0.3) is 11.1 Å². The van der Waals surface area contributed by atoms with Gasteiger partial charge in [0.25, 0.3) is 0 Å². The van der Waals surface area contributed by atoms with Crippen LogP contribution in [-0.2, 0) is 22.6 Å². The maximum Gasteiger partial charge on any atom is 0.248 e. The van der Waals surface area contributed by atoms with Crippen LogP contribution in [0.2, 0.25) is 0 Å². The van der Waals surface area contributed by atoms with Crippen LogP contribution in [0.1, 0.15) is 30.5 Å². The largest absolute Gasteiger partial charge is 0.347 e. The van der Waals surface area contributed by atoms with Gasteiger partial charge in [0.1, 0.15) is 5.54 Å². The number of benzene rings is 2. The molecule has 1 atom stereocenters. The van der Waals surface area contributed by atoms with Crippen LogP contribution in [0.3, 0.4) is 0 Å². The number of amides is 2. The van der Waals surface area contributed by atoms with E-state index in [1.165, 1.54) is 0 Å². The Morgan fingerprint density at radius 2 is 1.76 bits per heavy atom. The maximum atomic E-state index is 13.6. The second kappa shape index (κ2) is 9.61. The van der Waals surface area contributed by atoms with Crippen LogP contribution in [0.4, 0.5) is 0 Å². The van der Waals surface area contributed by atoms with Crippen molar-refractivity contribution in [3.05, 3.63) is 78.1 Å². The summed E-state index contributed by atoms with van der Waals surface area (Å²) in [7, 11) is 3.56. The third kappa shape index (κ3) is 4.56. The number of likely N-dealkylation sites (tertiary alicyclic amines) is 1. The van der Waals surface area contributed by atoms with Gasteiger partial charge >= 0.3 is 0 Å². The Balaban J connectivity index is 1.66. The van der Waals surface area contributed by atoms with E-state index >= 15 is 0 Å². The SMILES string of the molecule is Cc1ccnn1CCC(=O)N1CCCC1(Cc1ccccc1-c1ccccc1)C(=O)N(C)C. The molecule has 1 fully saturated rings. The van der Waals surface area contributed by atoms with Gasteiger partial charge < -0.3 is 9.80 Å². The molecule has 6 nitrogen and oxygen atoms in total. The monoisotopic (exact) mass is 444 g/mol. The summed E-state index contributed by atoms with van der Waals surface area (Å²) < 4.78 is 1.84. The number of hydrogen-bond donors (Lipinski definition) is 0. The first-order valence-corrected chi connectivity index (χ1v) is 11.6. The van der Waals surface area contributed by atoms with Gasteiger partial charge in [-0.05, 0) is 42.5 Å². The molecule has 0 radical (unpaired) electrons. The molecule has 1 saturated heterocycles. The second-order valence-electron chi connectivity index (χ2n) is 9.03. The number of likely N-dealkylation sites (N-methyl/N-ethyl adjacent to an activating group) is 1. The zero-order chi connectivity index (χ0) is 23.4. The Labute approximate surface area is 195 Å². The van der Waals surface area contributed by atoms with Crippen LogP contribution < -0.4 is 0 Å². The highest BCUT2D eigenvalue weighted by atomic mass is 16.2. The number of nitrogens with zero attached hydrogens (tertiary/aromatic N) is 4. The number of carbonyl (C=O) groups excluding carboxylic acids is 2. The summed E-state index contributed by atoms with van der Waals surface area (Å²) in [5.41, 5.74) is 3.46. The van der Waals surface area contributed by atoms with Gasteiger partial charge in [0, 0.05) is 51.9 Å². The van der Waals surface area contributed by atoms with Gasteiger partial charge in [-0.15, -0.1) is 0 Å². The van der Waals surface area contributed by atoms with Crippen molar-refractivity contribution >= 4 is 11.8 Å². The lowest BCUT2D eigenvalue weighted by atomic mass is 9.83. The number of aryl methyl sites for hydroxylation is 2. The number of aromatic nitrogens is 2. The van der Waals surface area contributed by atoms with Crippen molar-refractivity contribution in [1.29, 1.82) is 0 Å². The van der Waals surface area contributed by atoms with Crippen LogP contribution in [0.15, 0.2) is 66.9 Å². The van der Waals surface area contributed by atoms with E-state index in [1.54, 1.807) is 25.2 Å². The molecule has 1 aromatic heterocycles. The fraction of sp³-hybridized carbons (Fsp3) is 0.370. The average molecular weight is 445 g/mol. The Hall–Kier alpha value is -3.41. The van der Waals surface area contributed by atoms with E-state index < -0.39 is 5.54 Å². The molecule has 4 rings (SSSR count). The van der Waals surface area contributed by atoms with E-state index in [9.17, 15) is 9.59 Å². The fourth-order valence-corrected chi connectivity index (χ4v) is 5.00. The Morgan fingerprint density at radius 1 is 1.03 bits per heavy atom. The van der Waals surface area contributed by atoms with E-state index in [0.717, 1.165) is 28.8 Å². The fourth-order valence-electron chi connectivity index (χ4n) is 5.00. The highest BCUT2D eigenvalue weighted by Crippen LogP contribution is 2.37. The van der Waals surface area contributed by atoms with E-state index in [4.69, 9.17) is 0 Å². The molecule has 0 saturated carbocycles. The molecule has 1 aliphatic rings. The number of rotatable bonds is 7. The molecule has 172 valence electrons. The summed E-state index contributed by atoms with van der Waals surface area (Å²) in [6, 6.07) is 20.4. The lowest BCUT2D eigenvalue weighted by Crippen LogP contribution is -2.58. The molecule has 0 aliphatic carbocycles. The van der Waals surface area contributed by atoms with Gasteiger partial charge in [-0.2, -0.15) is 5.10 Å².